The van der Waals surface area contributed by atoms with Gasteiger partial charge in [0.1, 0.15) is 11.6 Å². The normalized spacial score (nSPS) is 11.4. The largest absolute Gasteiger partial charge is 0.365 e. The summed E-state index contributed by atoms with van der Waals surface area (Å²) in [6.07, 6.45) is 4.67. The molecule has 0 saturated carbocycles. The van der Waals surface area contributed by atoms with Crippen molar-refractivity contribution in [1.29, 1.82) is 5.26 Å². The zero-order chi connectivity index (χ0) is 7.98. The van der Waals surface area contributed by atoms with Crippen LogP contribution in [0.25, 0.3) is 0 Å². The lowest BCUT2D eigenvalue weighted by molar-refractivity contribution is -0.114. The topological polar surface area (TPSA) is 66.9 Å². The molecule has 0 unspecified atom stereocenters. The molecule has 1 amide bonds. The standard InChI is InChI=1S/C7H8N2O/c1-2-3-4-6(5-8)7(9)10/h2-4H,1H3,(H2,9,10). The van der Waals surface area contributed by atoms with Gasteiger partial charge in [0, 0.05) is 0 Å². The first kappa shape index (κ1) is 8.44. The maximum Gasteiger partial charge on any atom is 0.259 e. The van der Waals surface area contributed by atoms with Crippen molar-refractivity contribution in [3.8, 4) is 6.07 Å². The molecule has 0 spiro atoms. The summed E-state index contributed by atoms with van der Waals surface area (Å²) >= 11 is 0. The van der Waals surface area contributed by atoms with Crippen molar-refractivity contribution >= 4 is 5.91 Å². The number of amides is 1. The molecule has 0 radical (unpaired) electrons. The summed E-state index contributed by atoms with van der Waals surface area (Å²) in [5.74, 6) is -0.694. The molecule has 0 aromatic rings. The van der Waals surface area contributed by atoms with Crippen LogP contribution in [0.5, 0.6) is 0 Å². The Morgan fingerprint density at radius 1 is 1.70 bits per heavy atom. The van der Waals surface area contributed by atoms with E-state index in [4.69, 9.17) is 11.0 Å². The van der Waals surface area contributed by atoms with Gasteiger partial charge >= 0.3 is 0 Å². The summed E-state index contributed by atoms with van der Waals surface area (Å²) in [4.78, 5) is 10.3. The molecule has 0 atom stereocenters. The summed E-state index contributed by atoms with van der Waals surface area (Å²) in [5, 5.41) is 8.27. The molecule has 3 nitrogen and oxygen atoms in total. The van der Waals surface area contributed by atoms with E-state index in [1.807, 2.05) is 0 Å². The van der Waals surface area contributed by atoms with E-state index in [9.17, 15) is 4.79 Å². The van der Waals surface area contributed by atoms with Crippen molar-refractivity contribution in [2.45, 2.75) is 6.92 Å². The van der Waals surface area contributed by atoms with Crippen molar-refractivity contribution in [2.75, 3.05) is 0 Å². The van der Waals surface area contributed by atoms with Crippen LogP contribution in [0.15, 0.2) is 23.8 Å². The maximum absolute atomic E-state index is 10.3. The van der Waals surface area contributed by atoms with Gasteiger partial charge in [-0.15, -0.1) is 0 Å². The van der Waals surface area contributed by atoms with E-state index in [0.717, 1.165) is 0 Å². The summed E-state index contributed by atoms with van der Waals surface area (Å²) in [6, 6.07) is 1.67. The number of rotatable bonds is 2. The predicted octanol–water partition coefficient (Wildman–Crippen LogP) is 0.498. The smallest absolute Gasteiger partial charge is 0.259 e. The lowest BCUT2D eigenvalue weighted by Crippen LogP contribution is -2.12. The number of nitrogens with two attached hydrogens (primary N) is 1. The van der Waals surface area contributed by atoms with Gasteiger partial charge in [0.2, 0.25) is 0 Å². The second-order valence-corrected chi connectivity index (χ2v) is 1.58. The van der Waals surface area contributed by atoms with E-state index < -0.39 is 5.91 Å². The molecule has 0 aromatic heterocycles. The van der Waals surface area contributed by atoms with Gasteiger partial charge in [-0.1, -0.05) is 12.2 Å². The van der Waals surface area contributed by atoms with E-state index in [0.29, 0.717) is 0 Å². The monoisotopic (exact) mass is 136 g/mol. The van der Waals surface area contributed by atoms with E-state index in [2.05, 4.69) is 0 Å². The molecule has 0 saturated heterocycles. The average molecular weight is 136 g/mol. The number of carbonyl (C=O) groups excluding carboxylic acids is 1. The number of nitrogens with zero attached hydrogens (tertiary/aromatic N) is 1. The summed E-state index contributed by atoms with van der Waals surface area (Å²) in [7, 11) is 0. The second-order valence-electron chi connectivity index (χ2n) is 1.58. The van der Waals surface area contributed by atoms with Gasteiger partial charge in [-0.3, -0.25) is 4.79 Å². The number of nitriles is 1. The highest BCUT2D eigenvalue weighted by molar-refractivity contribution is 5.96. The lowest BCUT2D eigenvalue weighted by atomic mass is 10.2. The highest BCUT2D eigenvalue weighted by atomic mass is 16.1. The van der Waals surface area contributed by atoms with Crippen LogP contribution in [0.2, 0.25) is 0 Å². The number of carbonyl (C=O) groups is 1. The quantitative estimate of drug-likeness (QED) is 0.341. The molecule has 0 fully saturated rings. The Hall–Kier alpha value is -1.56. The Balaban J connectivity index is 4.38. The third kappa shape index (κ3) is 2.68. The Labute approximate surface area is 59.4 Å². The van der Waals surface area contributed by atoms with Gasteiger partial charge in [-0.25, -0.2) is 0 Å². The van der Waals surface area contributed by atoms with Crippen LogP contribution < -0.4 is 5.73 Å². The molecule has 0 aliphatic carbocycles. The third-order valence-electron chi connectivity index (χ3n) is 0.841. The first-order valence-electron chi connectivity index (χ1n) is 2.75. The minimum atomic E-state index is -0.694. The van der Waals surface area contributed by atoms with Crippen LogP contribution in [-0.2, 0) is 4.79 Å². The highest BCUT2D eigenvalue weighted by Gasteiger charge is 1.98. The van der Waals surface area contributed by atoms with Gasteiger partial charge < -0.3 is 5.73 Å². The lowest BCUT2D eigenvalue weighted by Gasteiger charge is -1.84. The van der Waals surface area contributed by atoms with Crippen LogP contribution in [-0.4, -0.2) is 5.91 Å². The van der Waals surface area contributed by atoms with Crippen LogP contribution >= 0.6 is 0 Å². The van der Waals surface area contributed by atoms with Crippen molar-refractivity contribution in [2.24, 2.45) is 5.73 Å². The molecule has 0 aliphatic heterocycles. The molecule has 0 bridgehead atoms. The number of hydrogen-bond donors (Lipinski definition) is 1. The predicted molar refractivity (Wildman–Crippen MR) is 37.7 cm³/mol. The SMILES string of the molecule is CC=CC=C(C#N)C(N)=O. The van der Waals surface area contributed by atoms with Gasteiger partial charge in [-0.05, 0) is 13.0 Å². The van der Waals surface area contributed by atoms with Gasteiger partial charge in [0.25, 0.3) is 5.91 Å². The number of allylic oxidation sites excluding steroid dienone is 3. The van der Waals surface area contributed by atoms with Gasteiger partial charge in [0.05, 0.1) is 0 Å². The zero-order valence-electron chi connectivity index (χ0n) is 5.66. The van der Waals surface area contributed by atoms with Crippen molar-refractivity contribution in [3.63, 3.8) is 0 Å². The van der Waals surface area contributed by atoms with Crippen LogP contribution in [0.4, 0.5) is 0 Å². The fourth-order valence-electron chi connectivity index (χ4n) is 0.367. The molecule has 0 aliphatic rings. The molecule has 2 N–H and O–H groups in total. The first-order valence-corrected chi connectivity index (χ1v) is 2.75. The maximum atomic E-state index is 10.3. The van der Waals surface area contributed by atoms with E-state index in [1.165, 1.54) is 6.08 Å². The molecule has 0 aromatic carbocycles. The van der Waals surface area contributed by atoms with Crippen LogP contribution in [0.3, 0.4) is 0 Å². The van der Waals surface area contributed by atoms with Crippen LogP contribution in [0.1, 0.15) is 6.92 Å². The molecule has 10 heavy (non-hydrogen) atoms. The van der Waals surface area contributed by atoms with E-state index >= 15 is 0 Å². The van der Waals surface area contributed by atoms with E-state index in [-0.39, 0.29) is 5.57 Å². The minimum Gasteiger partial charge on any atom is -0.365 e. The molecule has 3 heteroatoms. The molecule has 52 valence electrons. The van der Waals surface area contributed by atoms with Gasteiger partial charge in [0.15, 0.2) is 0 Å². The summed E-state index contributed by atoms with van der Waals surface area (Å²) in [6.45, 7) is 1.78. The molecule has 0 heterocycles. The van der Waals surface area contributed by atoms with Crippen molar-refractivity contribution < 1.29 is 4.79 Å². The van der Waals surface area contributed by atoms with E-state index in [1.54, 1.807) is 25.1 Å². The first-order chi connectivity index (χ1) is 4.72. The average Bonchev–Trinajstić information content (AvgIpc) is 1.89. The molecular formula is C7H8N2O. The fourth-order valence-corrected chi connectivity index (χ4v) is 0.367. The fraction of sp³-hybridized carbons (Fsp3) is 0.143. The molecular weight excluding hydrogens is 128 g/mol. The van der Waals surface area contributed by atoms with Crippen LogP contribution in [0, 0.1) is 11.3 Å². The summed E-state index contributed by atoms with van der Waals surface area (Å²) < 4.78 is 0. The Kier molecular flexibility index (Phi) is 3.66. The third-order valence-corrected chi connectivity index (χ3v) is 0.841. The Bertz CT molecular complexity index is 220. The zero-order valence-corrected chi connectivity index (χ0v) is 5.66. The van der Waals surface area contributed by atoms with Crippen molar-refractivity contribution in [3.05, 3.63) is 23.8 Å². The Morgan fingerprint density at radius 3 is 2.60 bits per heavy atom. The number of primary amides is 1. The highest BCUT2D eigenvalue weighted by Crippen LogP contribution is 1.89. The minimum absolute atomic E-state index is 0.0295. The Morgan fingerprint density at radius 2 is 2.30 bits per heavy atom. The molecule has 0 rings (SSSR count). The number of hydrogen-bond acceptors (Lipinski definition) is 2. The van der Waals surface area contributed by atoms with Crippen molar-refractivity contribution in [1.82, 2.24) is 0 Å². The van der Waals surface area contributed by atoms with Gasteiger partial charge in [-0.2, -0.15) is 5.26 Å². The summed E-state index contributed by atoms with van der Waals surface area (Å²) in [5.41, 5.74) is 4.79. The second kappa shape index (κ2) is 4.33.